The Morgan fingerprint density at radius 2 is 2.44 bits per heavy atom. The third-order valence-corrected chi connectivity index (χ3v) is 3.39. The Kier molecular flexibility index (Phi) is 4.82. The molecule has 16 heavy (non-hydrogen) atoms. The molecule has 1 aromatic heterocycles. The predicted molar refractivity (Wildman–Crippen MR) is 69.8 cm³/mol. The first-order valence-electron chi connectivity index (χ1n) is 5.06. The SMILES string of the molecule is CCCC(NC(=O)c1scnc1C)C(N)=S. The molecular weight excluding hydrogens is 242 g/mol. The molecule has 0 radical (unpaired) electrons. The average molecular weight is 257 g/mol. The van der Waals surface area contributed by atoms with Crippen LogP contribution in [0.5, 0.6) is 0 Å². The summed E-state index contributed by atoms with van der Waals surface area (Å²) in [5, 5.41) is 2.83. The molecule has 1 rings (SSSR count). The number of carbonyl (C=O) groups excluding carboxylic acids is 1. The van der Waals surface area contributed by atoms with Crippen LogP contribution in [0.15, 0.2) is 5.51 Å². The summed E-state index contributed by atoms with van der Waals surface area (Å²) in [6.07, 6.45) is 1.68. The van der Waals surface area contributed by atoms with E-state index in [1.54, 1.807) is 12.4 Å². The third-order valence-electron chi connectivity index (χ3n) is 2.18. The van der Waals surface area contributed by atoms with Crippen LogP contribution >= 0.6 is 23.6 Å². The summed E-state index contributed by atoms with van der Waals surface area (Å²) in [5.74, 6) is -0.147. The van der Waals surface area contributed by atoms with Gasteiger partial charge in [0.2, 0.25) is 0 Å². The number of aromatic nitrogens is 1. The topological polar surface area (TPSA) is 68.0 Å². The molecule has 6 heteroatoms. The first-order valence-corrected chi connectivity index (χ1v) is 6.35. The lowest BCUT2D eigenvalue weighted by molar-refractivity contribution is 0.0949. The highest BCUT2D eigenvalue weighted by molar-refractivity contribution is 7.80. The molecular formula is C10H15N3OS2. The molecule has 88 valence electrons. The van der Waals surface area contributed by atoms with Crippen molar-refractivity contribution < 1.29 is 4.79 Å². The normalized spacial score (nSPS) is 12.1. The van der Waals surface area contributed by atoms with Crippen LogP contribution in [0.4, 0.5) is 0 Å². The van der Waals surface area contributed by atoms with Gasteiger partial charge in [0, 0.05) is 0 Å². The number of nitrogens with one attached hydrogen (secondary N) is 1. The van der Waals surface area contributed by atoms with Gasteiger partial charge >= 0.3 is 0 Å². The number of thiazole rings is 1. The van der Waals surface area contributed by atoms with Crippen molar-refractivity contribution in [2.45, 2.75) is 32.7 Å². The van der Waals surface area contributed by atoms with Gasteiger partial charge in [-0.05, 0) is 13.3 Å². The van der Waals surface area contributed by atoms with E-state index < -0.39 is 0 Å². The molecule has 0 aliphatic carbocycles. The molecule has 0 bridgehead atoms. The Bertz CT molecular complexity index is 389. The van der Waals surface area contributed by atoms with Gasteiger partial charge in [0.15, 0.2) is 0 Å². The van der Waals surface area contributed by atoms with Gasteiger partial charge in [-0.15, -0.1) is 11.3 Å². The molecule has 1 amide bonds. The lowest BCUT2D eigenvalue weighted by Gasteiger charge is -2.15. The molecule has 1 atom stereocenters. The molecule has 1 heterocycles. The fraction of sp³-hybridized carbons (Fsp3) is 0.500. The summed E-state index contributed by atoms with van der Waals surface area (Å²) >= 11 is 6.24. The standard InChI is InChI=1S/C10H15N3OS2/c1-3-4-7(9(11)15)13-10(14)8-6(2)12-5-16-8/h5,7H,3-4H2,1-2H3,(H2,11,15)(H,13,14). The van der Waals surface area contributed by atoms with Crippen molar-refractivity contribution in [2.24, 2.45) is 5.73 Å². The number of aryl methyl sites for hydroxylation is 1. The Labute approximate surface area is 104 Å². The van der Waals surface area contributed by atoms with E-state index in [1.165, 1.54) is 11.3 Å². The fourth-order valence-electron chi connectivity index (χ4n) is 1.32. The zero-order valence-electron chi connectivity index (χ0n) is 9.32. The van der Waals surface area contributed by atoms with Crippen LogP contribution < -0.4 is 11.1 Å². The van der Waals surface area contributed by atoms with Gasteiger partial charge in [0.1, 0.15) is 4.88 Å². The second-order valence-electron chi connectivity index (χ2n) is 3.48. The third kappa shape index (κ3) is 3.24. The van der Waals surface area contributed by atoms with Gasteiger partial charge in [-0.3, -0.25) is 4.79 Å². The van der Waals surface area contributed by atoms with Crippen molar-refractivity contribution in [1.29, 1.82) is 0 Å². The second kappa shape index (κ2) is 5.91. The average Bonchev–Trinajstić information content (AvgIpc) is 2.63. The molecule has 0 aliphatic rings. The zero-order chi connectivity index (χ0) is 12.1. The molecule has 4 nitrogen and oxygen atoms in total. The van der Waals surface area contributed by atoms with Gasteiger partial charge in [0.05, 0.1) is 22.2 Å². The van der Waals surface area contributed by atoms with Crippen molar-refractivity contribution in [3.63, 3.8) is 0 Å². The number of carbonyl (C=O) groups is 1. The van der Waals surface area contributed by atoms with Crippen molar-refractivity contribution in [3.05, 3.63) is 16.1 Å². The van der Waals surface area contributed by atoms with Gasteiger partial charge in [0.25, 0.3) is 5.91 Å². The number of hydrogen-bond acceptors (Lipinski definition) is 4. The first-order chi connectivity index (χ1) is 7.56. The summed E-state index contributed by atoms with van der Waals surface area (Å²) in [6.45, 7) is 3.83. The number of amides is 1. The van der Waals surface area contributed by atoms with Crippen LogP contribution in [-0.2, 0) is 0 Å². The van der Waals surface area contributed by atoms with Crippen LogP contribution in [0.3, 0.4) is 0 Å². The smallest absolute Gasteiger partial charge is 0.263 e. The Morgan fingerprint density at radius 1 is 1.75 bits per heavy atom. The van der Waals surface area contributed by atoms with Gasteiger partial charge in [-0.1, -0.05) is 25.6 Å². The minimum Gasteiger partial charge on any atom is -0.392 e. The summed E-state index contributed by atoms with van der Waals surface area (Å²) in [6, 6.07) is -0.228. The van der Waals surface area contributed by atoms with Crippen molar-refractivity contribution >= 4 is 34.5 Å². The predicted octanol–water partition coefficient (Wildman–Crippen LogP) is 1.64. The minimum atomic E-state index is -0.228. The summed E-state index contributed by atoms with van der Waals surface area (Å²) in [5.41, 5.74) is 7.96. The van der Waals surface area contributed by atoms with E-state index in [2.05, 4.69) is 10.3 Å². The maximum Gasteiger partial charge on any atom is 0.263 e. The lowest BCUT2D eigenvalue weighted by Crippen LogP contribution is -2.43. The van der Waals surface area contributed by atoms with Crippen molar-refractivity contribution in [2.75, 3.05) is 0 Å². The number of nitrogens with zero attached hydrogens (tertiary/aromatic N) is 1. The molecule has 0 fully saturated rings. The molecule has 0 aromatic carbocycles. The second-order valence-corrected chi connectivity index (χ2v) is 4.81. The highest BCUT2D eigenvalue weighted by Crippen LogP contribution is 2.12. The number of thiocarbonyl (C=S) groups is 1. The van der Waals surface area contributed by atoms with E-state index in [9.17, 15) is 4.79 Å². The van der Waals surface area contributed by atoms with Crippen LogP contribution in [0.25, 0.3) is 0 Å². The van der Waals surface area contributed by atoms with E-state index in [0.717, 1.165) is 18.5 Å². The van der Waals surface area contributed by atoms with E-state index in [0.29, 0.717) is 9.87 Å². The van der Waals surface area contributed by atoms with E-state index in [1.807, 2.05) is 6.92 Å². The number of hydrogen-bond donors (Lipinski definition) is 2. The summed E-state index contributed by atoms with van der Waals surface area (Å²) < 4.78 is 0. The van der Waals surface area contributed by atoms with Crippen molar-refractivity contribution in [1.82, 2.24) is 10.3 Å². The lowest BCUT2D eigenvalue weighted by atomic mass is 10.1. The van der Waals surface area contributed by atoms with Gasteiger partial charge in [-0.25, -0.2) is 4.98 Å². The van der Waals surface area contributed by atoms with Crippen molar-refractivity contribution in [3.8, 4) is 0 Å². The van der Waals surface area contributed by atoms with Crippen LogP contribution in [0.2, 0.25) is 0 Å². The van der Waals surface area contributed by atoms with Crippen LogP contribution in [-0.4, -0.2) is 21.9 Å². The minimum absolute atomic E-state index is 0.147. The highest BCUT2D eigenvalue weighted by atomic mass is 32.1. The number of rotatable bonds is 5. The highest BCUT2D eigenvalue weighted by Gasteiger charge is 2.17. The molecule has 0 aliphatic heterocycles. The van der Waals surface area contributed by atoms with Crippen LogP contribution in [0.1, 0.15) is 35.1 Å². The summed E-state index contributed by atoms with van der Waals surface area (Å²) in [4.78, 5) is 16.8. The number of nitrogens with two attached hydrogens (primary N) is 1. The van der Waals surface area contributed by atoms with E-state index in [4.69, 9.17) is 18.0 Å². The van der Waals surface area contributed by atoms with Crippen LogP contribution in [0, 0.1) is 6.92 Å². The maximum atomic E-state index is 11.9. The van der Waals surface area contributed by atoms with Gasteiger partial charge in [-0.2, -0.15) is 0 Å². The maximum absolute atomic E-state index is 11.9. The summed E-state index contributed by atoms with van der Waals surface area (Å²) in [7, 11) is 0. The Balaban J connectivity index is 2.69. The fourth-order valence-corrected chi connectivity index (χ4v) is 2.20. The largest absolute Gasteiger partial charge is 0.392 e. The monoisotopic (exact) mass is 257 g/mol. The molecule has 0 saturated carbocycles. The van der Waals surface area contributed by atoms with E-state index in [-0.39, 0.29) is 11.9 Å². The van der Waals surface area contributed by atoms with E-state index >= 15 is 0 Å². The van der Waals surface area contributed by atoms with Gasteiger partial charge < -0.3 is 11.1 Å². The quantitative estimate of drug-likeness (QED) is 0.787. The first kappa shape index (κ1) is 13.1. The molecule has 1 unspecified atom stereocenters. The molecule has 3 N–H and O–H groups in total. The molecule has 0 saturated heterocycles. The molecule has 0 spiro atoms. The Morgan fingerprint density at radius 3 is 2.88 bits per heavy atom. The molecule has 1 aromatic rings. The zero-order valence-corrected chi connectivity index (χ0v) is 11.0. The Hall–Kier alpha value is -1.01.